The molecular formula is C20H20N2O3. The van der Waals surface area contributed by atoms with Gasteiger partial charge < -0.3 is 9.47 Å². The molecule has 3 rings (SSSR count). The first-order chi connectivity index (χ1) is 12.2. The Morgan fingerprint density at radius 3 is 2.36 bits per heavy atom. The van der Waals surface area contributed by atoms with Crippen molar-refractivity contribution in [3.63, 3.8) is 0 Å². The zero-order valence-electron chi connectivity index (χ0n) is 14.4. The molecule has 3 aromatic rings. The summed E-state index contributed by atoms with van der Waals surface area (Å²) in [5.74, 6) is 0.220. The van der Waals surface area contributed by atoms with Crippen LogP contribution in [-0.2, 0) is 4.74 Å². The maximum Gasteiger partial charge on any atom is 0.338 e. The number of fused-ring (bicyclic) bond motifs is 1. The van der Waals surface area contributed by atoms with Crippen LogP contribution in [0.2, 0.25) is 0 Å². The second-order valence-corrected chi connectivity index (χ2v) is 5.55. The Kier molecular flexibility index (Phi) is 5.23. The molecule has 1 aromatic heterocycles. The Balaban J connectivity index is 2.00. The maximum atomic E-state index is 11.8. The number of hydrogen-bond donors (Lipinski definition) is 0. The first-order valence-electron chi connectivity index (χ1n) is 8.40. The van der Waals surface area contributed by atoms with Crippen LogP contribution in [0.3, 0.4) is 0 Å². The average Bonchev–Trinajstić information content (AvgIpc) is 2.66. The predicted molar refractivity (Wildman–Crippen MR) is 96.7 cm³/mol. The minimum absolute atomic E-state index is 0.326. The molecule has 0 atom stereocenters. The highest BCUT2D eigenvalue weighted by Crippen LogP contribution is 2.30. The van der Waals surface area contributed by atoms with Crippen LogP contribution in [0.15, 0.2) is 48.5 Å². The van der Waals surface area contributed by atoms with E-state index in [-0.39, 0.29) is 5.97 Å². The number of hydrogen-bond acceptors (Lipinski definition) is 5. The van der Waals surface area contributed by atoms with E-state index in [9.17, 15) is 4.79 Å². The van der Waals surface area contributed by atoms with E-state index in [4.69, 9.17) is 9.47 Å². The Bertz CT molecular complexity index is 876. The van der Waals surface area contributed by atoms with Crippen LogP contribution in [0.25, 0.3) is 22.0 Å². The first kappa shape index (κ1) is 16.9. The zero-order chi connectivity index (χ0) is 17.6. The van der Waals surface area contributed by atoms with Gasteiger partial charge >= 0.3 is 5.97 Å². The third-order valence-corrected chi connectivity index (χ3v) is 3.77. The van der Waals surface area contributed by atoms with Crippen molar-refractivity contribution in [3.05, 3.63) is 54.1 Å². The van der Waals surface area contributed by atoms with Gasteiger partial charge in [-0.05, 0) is 31.5 Å². The first-order valence-corrected chi connectivity index (χ1v) is 8.40. The second kappa shape index (κ2) is 7.75. The molecule has 0 amide bonds. The quantitative estimate of drug-likeness (QED) is 0.629. The lowest BCUT2D eigenvalue weighted by atomic mass is 10.0. The Morgan fingerprint density at radius 2 is 1.68 bits per heavy atom. The minimum Gasteiger partial charge on any atom is -0.476 e. The fraction of sp³-hybridized carbons (Fsp3) is 0.250. The molecule has 0 bridgehead atoms. The molecule has 5 heteroatoms. The van der Waals surface area contributed by atoms with Crippen molar-refractivity contribution in [1.29, 1.82) is 0 Å². The second-order valence-electron chi connectivity index (χ2n) is 5.55. The van der Waals surface area contributed by atoms with Crippen molar-refractivity contribution in [1.82, 2.24) is 10.2 Å². The summed E-state index contributed by atoms with van der Waals surface area (Å²) in [7, 11) is 0. The molecule has 5 nitrogen and oxygen atoms in total. The molecule has 0 saturated heterocycles. The van der Waals surface area contributed by atoms with E-state index in [0.29, 0.717) is 24.7 Å². The van der Waals surface area contributed by atoms with Crippen LogP contribution in [-0.4, -0.2) is 29.4 Å². The molecule has 0 radical (unpaired) electrons. The number of esters is 1. The molecule has 2 aromatic carbocycles. The van der Waals surface area contributed by atoms with Gasteiger partial charge in [-0.2, -0.15) is 0 Å². The summed E-state index contributed by atoms with van der Waals surface area (Å²) >= 11 is 0. The Morgan fingerprint density at radius 1 is 0.960 bits per heavy atom. The van der Waals surface area contributed by atoms with Gasteiger partial charge in [-0.3, -0.25) is 0 Å². The largest absolute Gasteiger partial charge is 0.476 e. The van der Waals surface area contributed by atoms with Crippen LogP contribution >= 0.6 is 0 Å². The van der Waals surface area contributed by atoms with E-state index < -0.39 is 0 Å². The molecule has 0 fully saturated rings. The molecule has 0 saturated carbocycles. The van der Waals surface area contributed by atoms with Crippen LogP contribution in [0, 0.1) is 0 Å². The molecule has 0 aliphatic heterocycles. The zero-order valence-corrected chi connectivity index (χ0v) is 14.4. The number of rotatable bonds is 6. The molecule has 0 N–H and O–H groups in total. The van der Waals surface area contributed by atoms with E-state index >= 15 is 0 Å². The van der Waals surface area contributed by atoms with Gasteiger partial charge in [0.1, 0.15) is 5.69 Å². The fourth-order valence-electron chi connectivity index (χ4n) is 2.58. The smallest absolute Gasteiger partial charge is 0.338 e. The van der Waals surface area contributed by atoms with Crippen LogP contribution in [0.1, 0.15) is 30.6 Å². The van der Waals surface area contributed by atoms with Gasteiger partial charge in [-0.25, -0.2) is 4.79 Å². The fourth-order valence-corrected chi connectivity index (χ4v) is 2.58. The van der Waals surface area contributed by atoms with Crippen molar-refractivity contribution in [3.8, 4) is 17.1 Å². The third kappa shape index (κ3) is 3.60. The molecule has 0 aliphatic carbocycles. The summed E-state index contributed by atoms with van der Waals surface area (Å²) in [5.41, 5.74) is 2.17. The van der Waals surface area contributed by atoms with E-state index in [0.717, 1.165) is 28.5 Å². The van der Waals surface area contributed by atoms with E-state index in [1.165, 1.54) is 0 Å². The average molecular weight is 336 g/mol. The SMILES string of the molecule is CCCOc1nnc(-c2ccc(C(=O)OCC)cc2)c2ccccc12. The molecule has 0 aliphatic rings. The lowest BCUT2D eigenvalue weighted by Crippen LogP contribution is -2.04. The van der Waals surface area contributed by atoms with Crippen molar-refractivity contribution < 1.29 is 14.3 Å². The molecular weight excluding hydrogens is 316 g/mol. The van der Waals surface area contributed by atoms with E-state index in [2.05, 4.69) is 17.1 Å². The van der Waals surface area contributed by atoms with Crippen LogP contribution in [0.5, 0.6) is 5.88 Å². The number of carbonyl (C=O) groups is 1. The van der Waals surface area contributed by atoms with Crippen LogP contribution < -0.4 is 4.74 Å². The summed E-state index contributed by atoms with van der Waals surface area (Å²) in [6, 6.07) is 15.1. The van der Waals surface area contributed by atoms with Gasteiger partial charge in [0.15, 0.2) is 0 Å². The maximum absolute atomic E-state index is 11.8. The lowest BCUT2D eigenvalue weighted by Gasteiger charge is -2.10. The lowest BCUT2D eigenvalue weighted by molar-refractivity contribution is 0.0526. The van der Waals surface area contributed by atoms with Gasteiger partial charge in [-0.15, -0.1) is 10.2 Å². The molecule has 0 spiro atoms. The predicted octanol–water partition coefficient (Wildman–Crippen LogP) is 4.26. The highest BCUT2D eigenvalue weighted by atomic mass is 16.5. The summed E-state index contributed by atoms with van der Waals surface area (Å²) in [6.07, 6.45) is 0.910. The summed E-state index contributed by atoms with van der Waals surface area (Å²) in [6.45, 7) is 4.80. The molecule has 0 unspecified atom stereocenters. The van der Waals surface area contributed by atoms with Gasteiger partial charge in [0.05, 0.1) is 18.8 Å². The van der Waals surface area contributed by atoms with Gasteiger partial charge in [0, 0.05) is 16.3 Å². The van der Waals surface area contributed by atoms with E-state index in [1.54, 1.807) is 19.1 Å². The van der Waals surface area contributed by atoms with Crippen molar-refractivity contribution in [2.75, 3.05) is 13.2 Å². The van der Waals surface area contributed by atoms with E-state index in [1.807, 2.05) is 36.4 Å². The van der Waals surface area contributed by atoms with Crippen molar-refractivity contribution in [2.45, 2.75) is 20.3 Å². The number of aromatic nitrogens is 2. The van der Waals surface area contributed by atoms with Crippen LogP contribution in [0.4, 0.5) is 0 Å². The van der Waals surface area contributed by atoms with Gasteiger partial charge in [0.2, 0.25) is 5.88 Å². The molecule has 128 valence electrons. The summed E-state index contributed by atoms with van der Waals surface area (Å²) in [5, 5.41) is 10.5. The molecule has 1 heterocycles. The third-order valence-electron chi connectivity index (χ3n) is 3.77. The molecule has 25 heavy (non-hydrogen) atoms. The van der Waals surface area contributed by atoms with Gasteiger partial charge in [-0.1, -0.05) is 37.3 Å². The highest BCUT2D eigenvalue weighted by Gasteiger charge is 2.13. The minimum atomic E-state index is -0.326. The number of nitrogens with zero attached hydrogens (tertiary/aromatic N) is 2. The monoisotopic (exact) mass is 336 g/mol. The van der Waals surface area contributed by atoms with Crippen molar-refractivity contribution >= 4 is 16.7 Å². The topological polar surface area (TPSA) is 61.3 Å². The Hall–Kier alpha value is -2.95. The Labute approximate surface area is 146 Å². The van der Waals surface area contributed by atoms with Gasteiger partial charge in [0.25, 0.3) is 0 Å². The number of benzene rings is 2. The summed E-state index contributed by atoms with van der Waals surface area (Å²) in [4.78, 5) is 11.8. The number of carbonyl (C=O) groups excluding carboxylic acids is 1. The van der Waals surface area contributed by atoms with Crippen molar-refractivity contribution in [2.24, 2.45) is 0 Å². The number of ether oxygens (including phenoxy) is 2. The normalized spacial score (nSPS) is 10.6. The summed E-state index contributed by atoms with van der Waals surface area (Å²) < 4.78 is 10.7. The standard InChI is InChI=1S/C20H20N2O3/c1-3-13-25-19-17-8-6-5-7-16(17)18(21-22-19)14-9-11-15(12-10-14)20(23)24-4-2/h5-12H,3-4,13H2,1-2H3. The highest BCUT2D eigenvalue weighted by molar-refractivity contribution is 5.97.